The van der Waals surface area contributed by atoms with Gasteiger partial charge in [-0.3, -0.25) is 0 Å². The smallest absolute Gasteiger partial charge is 0.123 e. The standard InChI is InChI=1S/C17H29NO/c1-8-18-12-17(6,7)19-15-10-9-13(2)11-14(15)16(3,4)5/h9-11,18H,8,12H2,1-7H3. The molecular weight excluding hydrogens is 234 g/mol. The van der Waals surface area contributed by atoms with Crippen LogP contribution in [0.2, 0.25) is 0 Å². The minimum absolute atomic E-state index is 0.0929. The van der Waals surface area contributed by atoms with E-state index in [1.54, 1.807) is 0 Å². The minimum Gasteiger partial charge on any atom is -0.486 e. The lowest BCUT2D eigenvalue weighted by Gasteiger charge is -2.31. The number of aryl methyl sites for hydroxylation is 1. The van der Waals surface area contributed by atoms with Gasteiger partial charge in [0.15, 0.2) is 0 Å². The molecule has 0 saturated heterocycles. The van der Waals surface area contributed by atoms with Gasteiger partial charge in [0.05, 0.1) is 0 Å². The Balaban J connectivity index is 3.01. The number of rotatable bonds is 5. The van der Waals surface area contributed by atoms with Gasteiger partial charge in [0.2, 0.25) is 0 Å². The van der Waals surface area contributed by atoms with Crippen LogP contribution >= 0.6 is 0 Å². The molecule has 0 atom stereocenters. The molecule has 0 fully saturated rings. The molecule has 1 aromatic rings. The molecule has 2 nitrogen and oxygen atoms in total. The number of hydrogen-bond acceptors (Lipinski definition) is 2. The van der Waals surface area contributed by atoms with Crippen molar-refractivity contribution < 1.29 is 4.74 Å². The van der Waals surface area contributed by atoms with Crippen molar-refractivity contribution in [1.82, 2.24) is 5.32 Å². The van der Waals surface area contributed by atoms with Crippen molar-refractivity contribution in [2.75, 3.05) is 13.1 Å². The van der Waals surface area contributed by atoms with Crippen molar-refractivity contribution in [2.24, 2.45) is 0 Å². The molecule has 1 rings (SSSR count). The fourth-order valence-corrected chi connectivity index (χ4v) is 2.08. The van der Waals surface area contributed by atoms with Crippen LogP contribution < -0.4 is 10.1 Å². The molecule has 0 aromatic heterocycles. The molecule has 0 heterocycles. The van der Waals surface area contributed by atoms with E-state index in [0.29, 0.717) is 0 Å². The van der Waals surface area contributed by atoms with Gasteiger partial charge in [-0.15, -0.1) is 0 Å². The molecule has 108 valence electrons. The third-order valence-electron chi connectivity index (χ3n) is 3.13. The maximum absolute atomic E-state index is 6.25. The Bertz CT molecular complexity index is 416. The summed E-state index contributed by atoms with van der Waals surface area (Å²) < 4.78 is 6.25. The summed E-state index contributed by atoms with van der Waals surface area (Å²) in [6.07, 6.45) is 0. The summed E-state index contributed by atoms with van der Waals surface area (Å²) in [5, 5.41) is 3.35. The lowest BCUT2D eigenvalue weighted by atomic mass is 9.85. The van der Waals surface area contributed by atoms with Crippen LogP contribution in [0.15, 0.2) is 18.2 Å². The van der Waals surface area contributed by atoms with E-state index in [2.05, 4.69) is 72.0 Å². The van der Waals surface area contributed by atoms with E-state index in [1.807, 2.05) is 0 Å². The van der Waals surface area contributed by atoms with Gasteiger partial charge in [0, 0.05) is 6.54 Å². The SMILES string of the molecule is CCNCC(C)(C)Oc1ccc(C)cc1C(C)(C)C. The van der Waals surface area contributed by atoms with Crippen LogP contribution in [0.25, 0.3) is 0 Å². The Morgan fingerprint density at radius 2 is 1.74 bits per heavy atom. The van der Waals surface area contributed by atoms with Crippen molar-refractivity contribution in [1.29, 1.82) is 0 Å². The predicted octanol–water partition coefficient (Wildman–Crippen LogP) is 4.06. The molecule has 0 bridgehead atoms. The molecule has 0 unspecified atom stereocenters. The molecule has 0 spiro atoms. The topological polar surface area (TPSA) is 21.3 Å². The summed E-state index contributed by atoms with van der Waals surface area (Å²) in [7, 11) is 0. The lowest BCUT2D eigenvalue weighted by Crippen LogP contribution is -2.40. The second kappa shape index (κ2) is 5.96. The van der Waals surface area contributed by atoms with E-state index in [9.17, 15) is 0 Å². The average molecular weight is 263 g/mol. The lowest BCUT2D eigenvalue weighted by molar-refractivity contribution is 0.106. The van der Waals surface area contributed by atoms with Crippen molar-refractivity contribution >= 4 is 0 Å². The first-order valence-electron chi connectivity index (χ1n) is 7.16. The molecule has 0 aliphatic carbocycles. The summed E-state index contributed by atoms with van der Waals surface area (Å²) in [5.74, 6) is 1.00. The Morgan fingerprint density at radius 1 is 1.11 bits per heavy atom. The van der Waals surface area contributed by atoms with Gasteiger partial charge in [-0.1, -0.05) is 45.4 Å². The number of ether oxygens (including phenoxy) is 1. The summed E-state index contributed by atoms with van der Waals surface area (Å²) in [5.41, 5.74) is 2.44. The highest BCUT2D eigenvalue weighted by molar-refractivity contribution is 5.41. The summed E-state index contributed by atoms with van der Waals surface area (Å²) >= 11 is 0. The molecule has 0 saturated carbocycles. The molecule has 0 aliphatic rings. The third-order valence-corrected chi connectivity index (χ3v) is 3.13. The zero-order chi connectivity index (χ0) is 14.7. The molecule has 2 heteroatoms. The average Bonchev–Trinajstić information content (AvgIpc) is 2.27. The van der Waals surface area contributed by atoms with Gasteiger partial charge in [-0.25, -0.2) is 0 Å². The first kappa shape index (κ1) is 16.0. The Kier molecular flexibility index (Phi) is 5.03. The molecule has 0 amide bonds. The zero-order valence-electron chi connectivity index (χ0n) is 13.6. The van der Waals surface area contributed by atoms with Crippen molar-refractivity contribution in [3.8, 4) is 5.75 Å². The molecule has 19 heavy (non-hydrogen) atoms. The van der Waals surface area contributed by atoms with Crippen LogP contribution in [0.4, 0.5) is 0 Å². The Morgan fingerprint density at radius 3 is 2.26 bits per heavy atom. The van der Waals surface area contributed by atoms with Crippen molar-refractivity contribution in [3.05, 3.63) is 29.3 Å². The van der Waals surface area contributed by atoms with E-state index in [1.165, 1.54) is 11.1 Å². The zero-order valence-corrected chi connectivity index (χ0v) is 13.6. The fraction of sp³-hybridized carbons (Fsp3) is 0.647. The molecule has 0 aliphatic heterocycles. The largest absolute Gasteiger partial charge is 0.486 e. The summed E-state index contributed by atoms with van der Waals surface area (Å²) in [6.45, 7) is 17.0. The predicted molar refractivity (Wildman–Crippen MR) is 83.1 cm³/mol. The highest BCUT2D eigenvalue weighted by Crippen LogP contribution is 2.33. The van der Waals surface area contributed by atoms with Crippen LogP contribution in [0.3, 0.4) is 0 Å². The normalized spacial score (nSPS) is 12.6. The van der Waals surface area contributed by atoms with Crippen LogP contribution in [-0.4, -0.2) is 18.7 Å². The van der Waals surface area contributed by atoms with Crippen molar-refractivity contribution in [3.63, 3.8) is 0 Å². The number of nitrogens with one attached hydrogen (secondary N) is 1. The quantitative estimate of drug-likeness (QED) is 0.865. The van der Waals surface area contributed by atoms with Crippen LogP contribution in [0.5, 0.6) is 5.75 Å². The Hall–Kier alpha value is -1.02. The molecule has 1 N–H and O–H groups in total. The number of likely N-dealkylation sites (N-methyl/N-ethyl adjacent to an activating group) is 1. The van der Waals surface area contributed by atoms with Crippen LogP contribution in [0, 0.1) is 6.92 Å². The second-order valence-corrected chi connectivity index (χ2v) is 6.89. The Labute approximate surface area is 118 Å². The van der Waals surface area contributed by atoms with E-state index >= 15 is 0 Å². The molecule has 1 aromatic carbocycles. The highest BCUT2D eigenvalue weighted by atomic mass is 16.5. The monoisotopic (exact) mass is 263 g/mol. The maximum atomic E-state index is 6.25. The maximum Gasteiger partial charge on any atom is 0.123 e. The van der Waals surface area contributed by atoms with E-state index in [0.717, 1.165) is 18.8 Å². The summed E-state index contributed by atoms with van der Waals surface area (Å²) in [6, 6.07) is 6.45. The molecular formula is C17H29NO. The first-order valence-corrected chi connectivity index (χ1v) is 7.16. The van der Waals surface area contributed by atoms with Gasteiger partial charge in [0.25, 0.3) is 0 Å². The van der Waals surface area contributed by atoms with Gasteiger partial charge < -0.3 is 10.1 Å². The van der Waals surface area contributed by atoms with Gasteiger partial charge in [0.1, 0.15) is 11.4 Å². The molecule has 0 radical (unpaired) electrons. The van der Waals surface area contributed by atoms with Crippen molar-refractivity contribution in [2.45, 2.75) is 59.5 Å². The van der Waals surface area contributed by atoms with Gasteiger partial charge in [-0.05, 0) is 44.4 Å². The van der Waals surface area contributed by atoms with Gasteiger partial charge in [-0.2, -0.15) is 0 Å². The fourth-order valence-electron chi connectivity index (χ4n) is 2.08. The minimum atomic E-state index is -0.203. The van der Waals surface area contributed by atoms with E-state index < -0.39 is 0 Å². The highest BCUT2D eigenvalue weighted by Gasteiger charge is 2.24. The van der Waals surface area contributed by atoms with E-state index in [4.69, 9.17) is 4.74 Å². The van der Waals surface area contributed by atoms with E-state index in [-0.39, 0.29) is 11.0 Å². The third kappa shape index (κ3) is 4.87. The second-order valence-electron chi connectivity index (χ2n) is 6.89. The number of benzene rings is 1. The van der Waals surface area contributed by atoms with Gasteiger partial charge >= 0.3 is 0 Å². The summed E-state index contributed by atoms with van der Waals surface area (Å²) in [4.78, 5) is 0. The van der Waals surface area contributed by atoms with Crippen LogP contribution in [0.1, 0.15) is 52.7 Å². The van der Waals surface area contributed by atoms with Crippen LogP contribution in [-0.2, 0) is 5.41 Å². The first-order chi connectivity index (χ1) is 8.65. The number of hydrogen-bond donors (Lipinski definition) is 1.